The summed E-state index contributed by atoms with van der Waals surface area (Å²) in [5.74, 6) is 1.77. The number of rotatable bonds is 3. The van der Waals surface area contributed by atoms with E-state index < -0.39 is 0 Å². The molecule has 1 N–H and O–H groups in total. The van der Waals surface area contributed by atoms with Crippen LogP contribution < -0.4 is 0 Å². The molecular formula is C20H21N5O. The zero-order valence-corrected chi connectivity index (χ0v) is 14.7. The summed E-state index contributed by atoms with van der Waals surface area (Å²) >= 11 is 0. The predicted molar refractivity (Wildman–Crippen MR) is 98.7 cm³/mol. The van der Waals surface area contributed by atoms with Crippen LogP contribution in [0.4, 0.5) is 0 Å². The monoisotopic (exact) mass is 347 g/mol. The second-order valence-electron chi connectivity index (χ2n) is 6.62. The quantitative estimate of drug-likeness (QED) is 0.789. The summed E-state index contributed by atoms with van der Waals surface area (Å²) in [6.45, 7) is 3.37. The number of benzene rings is 1. The highest BCUT2D eigenvalue weighted by Gasteiger charge is 2.27. The van der Waals surface area contributed by atoms with Gasteiger partial charge in [0.25, 0.3) is 5.91 Å². The Morgan fingerprint density at radius 2 is 2.08 bits per heavy atom. The molecule has 1 saturated heterocycles. The van der Waals surface area contributed by atoms with Crippen molar-refractivity contribution >= 4 is 5.91 Å². The molecular weight excluding hydrogens is 326 g/mol. The van der Waals surface area contributed by atoms with Crippen LogP contribution in [0.3, 0.4) is 0 Å². The lowest BCUT2D eigenvalue weighted by atomic mass is 9.93. The van der Waals surface area contributed by atoms with Crippen LogP contribution in [0.15, 0.2) is 48.8 Å². The van der Waals surface area contributed by atoms with Crippen LogP contribution in [0.1, 0.15) is 40.6 Å². The molecule has 1 atom stereocenters. The molecule has 4 rings (SSSR count). The first-order chi connectivity index (χ1) is 12.7. The van der Waals surface area contributed by atoms with Crippen molar-refractivity contribution in [2.75, 3.05) is 13.1 Å². The van der Waals surface area contributed by atoms with Gasteiger partial charge in [-0.3, -0.25) is 4.79 Å². The average Bonchev–Trinajstić information content (AvgIpc) is 3.23. The van der Waals surface area contributed by atoms with Crippen molar-refractivity contribution in [1.82, 2.24) is 24.8 Å². The number of likely N-dealkylation sites (tertiary alicyclic amines) is 1. The third kappa shape index (κ3) is 3.35. The van der Waals surface area contributed by atoms with Crippen molar-refractivity contribution in [3.05, 3.63) is 65.9 Å². The minimum absolute atomic E-state index is 0.0901. The van der Waals surface area contributed by atoms with Crippen molar-refractivity contribution < 1.29 is 4.79 Å². The first-order valence-electron chi connectivity index (χ1n) is 8.90. The van der Waals surface area contributed by atoms with Gasteiger partial charge in [-0.2, -0.15) is 0 Å². The number of imidazole rings is 1. The fourth-order valence-corrected chi connectivity index (χ4v) is 3.49. The molecule has 3 aromatic rings. The molecule has 3 heterocycles. The minimum atomic E-state index is 0.0901. The van der Waals surface area contributed by atoms with Gasteiger partial charge >= 0.3 is 0 Å². The number of carbonyl (C=O) groups excluding carboxylic acids is 1. The molecule has 6 heteroatoms. The summed E-state index contributed by atoms with van der Waals surface area (Å²) in [6.07, 6.45) is 5.50. The molecule has 0 bridgehead atoms. The summed E-state index contributed by atoms with van der Waals surface area (Å²) in [4.78, 5) is 31.2. The summed E-state index contributed by atoms with van der Waals surface area (Å²) < 4.78 is 0. The van der Waals surface area contributed by atoms with E-state index in [2.05, 4.69) is 19.9 Å². The lowest BCUT2D eigenvalue weighted by Crippen LogP contribution is -2.39. The van der Waals surface area contributed by atoms with Crippen LogP contribution in [0.25, 0.3) is 11.5 Å². The summed E-state index contributed by atoms with van der Waals surface area (Å²) in [6, 6.07) is 11.5. The van der Waals surface area contributed by atoms with E-state index in [1.54, 1.807) is 12.4 Å². The molecule has 1 aliphatic rings. The Hall–Kier alpha value is -3.02. The van der Waals surface area contributed by atoms with Gasteiger partial charge in [0.05, 0.1) is 0 Å². The van der Waals surface area contributed by atoms with E-state index in [-0.39, 0.29) is 11.8 Å². The van der Waals surface area contributed by atoms with Gasteiger partial charge in [0.15, 0.2) is 5.82 Å². The summed E-state index contributed by atoms with van der Waals surface area (Å²) in [5, 5.41) is 0. The fourth-order valence-electron chi connectivity index (χ4n) is 3.49. The lowest BCUT2D eigenvalue weighted by Gasteiger charge is -2.32. The van der Waals surface area contributed by atoms with Gasteiger partial charge in [-0.15, -0.1) is 0 Å². The molecule has 0 aliphatic carbocycles. The van der Waals surface area contributed by atoms with E-state index in [0.717, 1.165) is 48.0 Å². The zero-order valence-electron chi connectivity index (χ0n) is 14.7. The topological polar surface area (TPSA) is 74.8 Å². The first-order valence-corrected chi connectivity index (χ1v) is 8.90. The van der Waals surface area contributed by atoms with Crippen molar-refractivity contribution in [1.29, 1.82) is 0 Å². The molecule has 0 spiro atoms. The van der Waals surface area contributed by atoms with Crippen LogP contribution in [-0.2, 0) is 0 Å². The molecule has 0 saturated carbocycles. The Kier molecular flexibility index (Phi) is 4.48. The third-order valence-corrected chi connectivity index (χ3v) is 4.75. The molecule has 1 amide bonds. The maximum Gasteiger partial charge on any atom is 0.253 e. The van der Waals surface area contributed by atoms with Gasteiger partial charge in [0, 0.05) is 42.7 Å². The summed E-state index contributed by atoms with van der Waals surface area (Å²) in [7, 11) is 0. The third-order valence-electron chi connectivity index (χ3n) is 4.75. The van der Waals surface area contributed by atoms with Gasteiger partial charge in [0.2, 0.25) is 0 Å². The molecule has 0 radical (unpaired) electrons. The average molecular weight is 347 g/mol. The predicted octanol–water partition coefficient (Wildman–Crippen LogP) is 3.19. The number of piperidine rings is 1. The van der Waals surface area contributed by atoms with Crippen LogP contribution in [0, 0.1) is 6.92 Å². The number of hydrogen-bond acceptors (Lipinski definition) is 4. The second-order valence-corrected chi connectivity index (χ2v) is 6.62. The van der Waals surface area contributed by atoms with Crippen molar-refractivity contribution in [2.45, 2.75) is 25.7 Å². The smallest absolute Gasteiger partial charge is 0.253 e. The molecule has 132 valence electrons. The van der Waals surface area contributed by atoms with E-state index in [1.807, 2.05) is 48.2 Å². The minimum Gasteiger partial charge on any atom is -0.343 e. The highest BCUT2D eigenvalue weighted by Crippen LogP contribution is 2.28. The van der Waals surface area contributed by atoms with Crippen LogP contribution in [-0.4, -0.2) is 43.8 Å². The van der Waals surface area contributed by atoms with Gasteiger partial charge in [0.1, 0.15) is 11.5 Å². The lowest BCUT2D eigenvalue weighted by molar-refractivity contribution is 0.0706. The standard InChI is InChI=1S/C20H21N5O/c1-14-23-17(12-18(24-14)19-21-9-10-22-19)16-8-5-11-25(13-16)20(26)15-6-3-2-4-7-15/h2-4,6-7,9-10,12,16H,5,8,11,13H2,1H3,(H,21,22)/t16-/m0/s1. The number of hydrogen-bond donors (Lipinski definition) is 1. The number of amides is 1. The van der Waals surface area contributed by atoms with E-state index in [9.17, 15) is 4.79 Å². The first kappa shape index (κ1) is 16.4. The van der Waals surface area contributed by atoms with Gasteiger partial charge in [-0.05, 0) is 38.0 Å². The van der Waals surface area contributed by atoms with E-state index in [0.29, 0.717) is 6.54 Å². The van der Waals surface area contributed by atoms with E-state index in [1.165, 1.54) is 0 Å². The number of nitrogens with zero attached hydrogens (tertiary/aromatic N) is 4. The SMILES string of the molecule is Cc1nc(-c2ncc[nH]2)cc([C@H]2CCCN(C(=O)c3ccccc3)C2)n1. The van der Waals surface area contributed by atoms with Crippen molar-refractivity contribution in [2.24, 2.45) is 0 Å². The van der Waals surface area contributed by atoms with Crippen molar-refractivity contribution in [3.63, 3.8) is 0 Å². The molecule has 1 aliphatic heterocycles. The van der Waals surface area contributed by atoms with Crippen LogP contribution in [0.5, 0.6) is 0 Å². The van der Waals surface area contributed by atoms with Gasteiger partial charge < -0.3 is 9.88 Å². The fraction of sp³-hybridized carbons (Fsp3) is 0.300. The number of aryl methyl sites for hydroxylation is 1. The molecule has 1 fully saturated rings. The number of aromatic nitrogens is 4. The zero-order chi connectivity index (χ0) is 17.9. The molecule has 26 heavy (non-hydrogen) atoms. The maximum absolute atomic E-state index is 12.8. The molecule has 6 nitrogen and oxygen atoms in total. The Labute approximate surface area is 152 Å². The maximum atomic E-state index is 12.8. The molecule has 2 aromatic heterocycles. The summed E-state index contributed by atoms with van der Waals surface area (Å²) in [5.41, 5.74) is 2.52. The van der Waals surface area contributed by atoms with Crippen molar-refractivity contribution in [3.8, 4) is 11.5 Å². The van der Waals surface area contributed by atoms with E-state index >= 15 is 0 Å². The highest BCUT2D eigenvalue weighted by molar-refractivity contribution is 5.94. The van der Waals surface area contributed by atoms with Gasteiger partial charge in [-0.1, -0.05) is 18.2 Å². The Balaban J connectivity index is 1.57. The Bertz CT molecular complexity index is 892. The normalized spacial score (nSPS) is 17.3. The van der Waals surface area contributed by atoms with Gasteiger partial charge in [-0.25, -0.2) is 15.0 Å². The Morgan fingerprint density at radius 3 is 2.85 bits per heavy atom. The molecule has 1 aromatic carbocycles. The highest BCUT2D eigenvalue weighted by atomic mass is 16.2. The number of aromatic amines is 1. The Morgan fingerprint density at radius 1 is 1.23 bits per heavy atom. The second kappa shape index (κ2) is 7.07. The van der Waals surface area contributed by atoms with E-state index in [4.69, 9.17) is 0 Å². The number of H-pyrrole nitrogens is 1. The number of carbonyl (C=O) groups is 1. The van der Waals surface area contributed by atoms with Crippen LogP contribution in [0.2, 0.25) is 0 Å². The molecule has 0 unspecified atom stereocenters. The number of nitrogens with one attached hydrogen (secondary N) is 1. The van der Waals surface area contributed by atoms with Crippen LogP contribution >= 0.6 is 0 Å². The largest absolute Gasteiger partial charge is 0.343 e.